The van der Waals surface area contributed by atoms with E-state index in [1.165, 1.54) is 5.56 Å². The highest BCUT2D eigenvalue weighted by Crippen LogP contribution is 2.37. The number of anilines is 1. The van der Waals surface area contributed by atoms with Crippen LogP contribution in [-0.2, 0) is 6.42 Å². The third kappa shape index (κ3) is 4.31. The molecule has 0 fully saturated rings. The lowest BCUT2D eigenvalue weighted by molar-refractivity contribution is 0.0685. The lowest BCUT2D eigenvalue weighted by Crippen LogP contribution is -2.44. The molecule has 0 saturated heterocycles. The summed E-state index contributed by atoms with van der Waals surface area (Å²) < 4.78 is 10.9. The molecule has 0 unspecified atom stereocenters. The average molecular weight is 413 g/mol. The van der Waals surface area contributed by atoms with Gasteiger partial charge in [-0.25, -0.2) is 0 Å². The summed E-state index contributed by atoms with van der Waals surface area (Å²) in [5.41, 5.74) is 3.51. The Bertz CT molecular complexity index is 1110. The van der Waals surface area contributed by atoms with Crippen LogP contribution in [0.4, 0.5) is 5.69 Å². The molecule has 156 valence electrons. The topological polar surface area (TPSA) is 74.6 Å². The van der Waals surface area contributed by atoms with Gasteiger partial charge in [0.2, 0.25) is 0 Å². The van der Waals surface area contributed by atoms with Crippen molar-refractivity contribution in [2.45, 2.75) is 12.6 Å². The molecular formula is C25H23N3O3. The van der Waals surface area contributed by atoms with E-state index in [0.717, 1.165) is 17.7 Å². The molecule has 0 bridgehead atoms. The summed E-state index contributed by atoms with van der Waals surface area (Å²) in [4.78, 5) is 15.2. The van der Waals surface area contributed by atoms with E-state index < -0.39 is 0 Å². The smallest absolute Gasteiger partial charge is 0.257 e. The number of carbonyl (C=O) groups is 1. The SMILES string of the molecule is COc1cc([C@@H]2Nc3ccccc3C(=O)N2CCc2ccccc2)ccc1OCC#N. The number of carbonyl (C=O) groups excluding carboxylic acids is 1. The van der Waals surface area contributed by atoms with Gasteiger partial charge in [0, 0.05) is 12.2 Å². The van der Waals surface area contributed by atoms with E-state index in [-0.39, 0.29) is 18.7 Å². The number of fused-ring (bicyclic) bond motifs is 1. The van der Waals surface area contributed by atoms with Crippen molar-refractivity contribution >= 4 is 11.6 Å². The van der Waals surface area contributed by atoms with Gasteiger partial charge in [-0.15, -0.1) is 0 Å². The van der Waals surface area contributed by atoms with Crippen LogP contribution in [0.2, 0.25) is 0 Å². The Balaban J connectivity index is 1.67. The summed E-state index contributed by atoms with van der Waals surface area (Å²) in [6.07, 6.45) is 0.387. The number of benzene rings is 3. The second-order valence-corrected chi connectivity index (χ2v) is 7.18. The predicted octanol–water partition coefficient (Wildman–Crippen LogP) is 4.41. The molecule has 0 aliphatic carbocycles. The molecule has 0 saturated carbocycles. The van der Waals surface area contributed by atoms with E-state index in [4.69, 9.17) is 14.7 Å². The number of rotatable bonds is 7. The molecular weight excluding hydrogens is 390 g/mol. The summed E-state index contributed by atoms with van der Waals surface area (Å²) >= 11 is 0. The van der Waals surface area contributed by atoms with E-state index in [2.05, 4.69) is 17.4 Å². The highest BCUT2D eigenvalue weighted by Gasteiger charge is 2.33. The van der Waals surface area contributed by atoms with Gasteiger partial charge < -0.3 is 19.7 Å². The van der Waals surface area contributed by atoms with Crippen molar-refractivity contribution in [1.82, 2.24) is 4.90 Å². The first-order valence-corrected chi connectivity index (χ1v) is 10.1. The molecule has 6 nitrogen and oxygen atoms in total. The second-order valence-electron chi connectivity index (χ2n) is 7.18. The van der Waals surface area contributed by atoms with Gasteiger partial charge in [-0.2, -0.15) is 5.26 Å². The molecule has 1 N–H and O–H groups in total. The van der Waals surface area contributed by atoms with Gasteiger partial charge in [-0.05, 0) is 41.8 Å². The van der Waals surface area contributed by atoms with Gasteiger partial charge in [-0.1, -0.05) is 48.5 Å². The first-order valence-electron chi connectivity index (χ1n) is 10.1. The largest absolute Gasteiger partial charge is 0.493 e. The average Bonchev–Trinajstić information content (AvgIpc) is 2.82. The molecule has 4 rings (SSSR count). The third-order valence-electron chi connectivity index (χ3n) is 5.30. The zero-order valence-corrected chi connectivity index (χ0v) is 17.2. The summed E-state index contributed by atoms with van der Waals surface area (Å²) in [5, 5.41) is 12.3. The molecule has 0 spiro atoms. The normalized spacial score (nSPS) is 14.9. The molecule has 6 heteroatoms. The molecule has 0 aromatic heterocycles. The number of nitrogens with one attached hydrogen (secondary N) is 1. The minimum Gasteiger partial charge on any atom is -0.493 e. The van der Waals surface area contributed by atoms with Crippen molar-refractivity contribution in [1.29, 1.82) is 5.26 Å². The third-order valence-corrected chi connectivity index (χ3v) is 5.30. The molecule has 1 aliphatic rings. The van der Waals surface area contributed by atoms with Crippen LogP contribution in [0.1, 0.15) is 27.7 Å². The van der Waals surface area contributed by atoms with Gasteiger partial charge in [0.15, 0.2) is 18.1 Å². The Morgan fingerprint density at radius 1 is 1.03 bits per heavy atom. The van der Waals surface area contributed by atoms with Gasteiger partial charge in [0.25, 0.3) is 5.91 Å². The van der Waals surface area contributed by atoms with Crippen LogP contribution >= 0.6 is 0 Å². The molecule has 1 aliphatic heterocycles. The van der Waals surface area contributed by atoms with Crippen LogP contribution in [0, 0.1) is 11.3 Å². The highest BCUT2D eigenvalue weighted by atomic mass is 16.5. The summed E-state index contributed by atoms with van der Waals surface area (Å²) in [5.74, 6) is 0.995. The van der Waals surface area contributed by atoms with Crippen molar-refractivity contribution in [2.75, 3.05) is 25.6 Å². The lowest BCUT2D eigenvalue weighted by Gasteiger charge is -2.38. The van der Waals surface area contributed by atoms with Crippen LogP contribution in [0.3, 0.4) is 0 Å². The molecule has 1 heterocycles. The van der Waals surface area contributed by atoms with Crippen LogP contribution in [0.5, 0.6) is 11.5 Å². The van der Waals surface area contributed by atoms with Crippen molar-refractivity contribution in [2.24, 2.45) is 0 Å². The molecule has 31 heavy (non-hydrogen) atoms. The summed E-state index contributed by atoms with van der Waals surface area (Å²) in [6, 6.07) is 25.1. The van der Waals surface area contributed by atoms with Gasteiger partial charge in [-0.3, -0.25) is 4.79 Å². The van der Waals surface area contributed by atoms with Crippen LogP contribution in [-0.4, -0.2) is 31.1 Å². The van der Waals surface area contributed by atoms with Crippen LogP contribution in [0.25, 0.3) is 0 Å². The standard InChI is InChI=1S/C25H23N3O3/c1-30-23-17-19(11-12-22(23)31-16-14-26)24-27-21-10-6-5-9-20(21)25(29)28(24)15-13-18-7-3-2-4-8-18/h2-12,17,24,27H,13,15-16H2,1H3/t24-/m1/s1. The van der Waals surface area contributed by atoms with Gasteiger partial charge in [0.05, 0.1) is 12.7 Å². The maximum Gasteiger partial charge on any atom is 0.257 e. The van der Waals surface area contributed by atoms with Gasteiger partial charge in [0.1, 0.15) is 12.2 Å². The summed E-state index contributed by atoms with van der Waals surface area (Å²) in [7, 11) is 1.56. The second kappa shape index (κ2) is 9.23. The van der Waals surface area contributed by atoms with E-state index in [1.54, 1.807) is 13.2 Å². The number of amides is 1. The monoisotopic (exact) mass is 413 g/mol. The number of nitrogens with zero attached hydrogens (tertiary/aromatic N) is 2. The van der Waals surface area contributed by atoms with Crippen molar-refractivity contribution in [3.63, 3.8) is 0 Å². The Hall–Kier alpha value is -3.98. The Morgan fingerprint density at radius 3 is 2.58 bits per heavy atom. The van der Waals surface area contributed by atoms with Crippen molar-refractivity contribution in [3.8, 4) is 17.6 Å². The Labute approximate surface area is 181 Å². The number of ether oxygens (including phenoxy) is 2. The zero-order valence-electron chi connectivity index (χ0n) is 17.2. The first-order chi connectivity index (χ1) is 15.2. The molecule has 1 amide bonds. The Kier molecular flexibility index (Phi) is 6.04. The van der Waals surface area contributed by atoms with E-state index >= 15 is 0 Å². The highest BCUT2D eigenvalue weighted by molar-refractivity contribution is 6.01. The number of hydrogen-bond acceptors (Lipinski definition) is 5. The minimum absolute atomic E-state index is 0.0148. The van der Waals surface area contributed by atoms with E-state index in [1.807, 2.05) is 65.6 Å². The first kappa shape index (κ1) is 20.3. The van der Waals surface area contributed by atoms with Crippen LogP contribution in [0.15, 0.2) is 72.8 Å². The number of para-hydroxylation sites is 1. The fourth-order valence-electron chi connectivity index (χ4n) is 3.76. The quantitative estimate of drug-likeness (QED) is 0.621. The zero-order chi connectivity index (χ0) is 21.6. The fourth-order valence-corrected chi connectivity index (χ4v) is 3.76. The predicted molar refractivity (Wildman–Crippen MR) is 118 cm³/mol. The van der Waals surface area contributed by atoms with Gasteiger partial charge >= 0.3 is 0 Å². The maximum atomic E-state index is 13.4. The number of methoxy groups -OCH3 is 1. The van der Waals surface area contributed by atoms with Crippen molar-refractivity contribution < 1.29 is 14.3 Å². The minimum atomic E-state index is -0.356. The lowest BCUT2D eigenvalue weighted by atomic mass is 10.0. The van der Waals surface area contributed by atoms with E-state index in [0.29, 0.717) is 23.6 Å². The van der Waals surface area contributed by atoms with Crippen molar-refractivity contribution in [3.05, 3.63) is 89.5 Å². The maximum absolute atomic E-state index is 13.4. The number of hydrogen-bond donors (Lipinski definition) is 1. The number of nitriles is 1. The fraction of sp³-hybridized carbons (Fsp3) is 0.200. The van der Waals surface area contributed by atoms with Crippen LogP contribution < -0.4 is 14.8 Å². The van der Waals surface area contributed by atoms with E-state index in [9.17, 15) is 4.79 Å². The molecule has 3 aromatic carbocycles. The molecule has 3 aromatic rings. The molecule has 0 radical (unpaired) electrons. The molecule has 1 atom stereocenters. The Morgan fingerprint density at radius 2 is 1.81 bits per heavy atom. The summed E-state index contributed by atoms with van der Waals surface area (Å²) in [6.45, 7) is 0.496.